The molecule has 2 unspecified atom stereocenters. The maximum absolute atomic E-state index is 3.74. The molecule has 2 heteroatoms. The predicted octanol–water partition coefficient (Wildman–Crippen LogP) is 2.74. The zero-order chi connectivity index (χ0) is 12.4. The molecular formula is C15H24N2. The highest BCUT2D eigenvalue weighted by molar-refractivity contribution is 5.24. The number of hydrogen-bond donors (Lipinski definition) is 1. The van der Waals surface area contributed by atoms with E-state index in [9.17, 15) is 0 Å². The van der Waals surface area contributed by atoms with Crippen LogP contribution in [-0.2, 0) is 0 Å². The van der Waals surface area contributed by atoms with E-state index in [1.165, 1.54) is 17.5 Å². The zero-order valence-corrected chi connectivity index (χ0v) is 11.4. The summed E-state index contributed by atoms with van der Waals surface area (Å²) in [5.41, 5.74) is 2.74. The Morgan fingerprint density at radius 1 is 1.41 bits per heavy atom. The van der Waals surface area contributed by atoms with Gasteiger partial charge in [-0.3, -0.25) is 0 Å². The standard InChI is InChI=1S/C15H24N2/c1-11-6-5-7-14(8-11)13(3)16-15-9-12(2)17(4)10-15/h5-8,12-13,15-16H,9-10H2,1-4H3/t12?,13-,15?/m1/s1. The number of rotatable bonds is 3. The maximum Gasteiger partial charge on any atom is 0.0294 e. The third kappa shape index (κ3) is 3.08. The minimum atomic E-state index is 0.443. The first-order chi connectivity index (χ1) is 8.06. The van der Waals surface area contributed by atoms with Crippen LogP contribution in [0.2, 0.25) is 0 Å². The lowest BCUT2D eigenvalue weighted by atomic mass is 10.0. The molecule has 1 aromatic carbocycles. The van der Waals surface area contributed by atoms with Crippen LogP contribution in [0, 0.1) is 6.92 Å². The average molecular weight is 232 g/mol. The topological polar surface area (TPSA) is 15.3 Å². The Morgan fingerprint density at radius 3 is 2.76 bits per heavy atom. The first-order valence-corrected chi connectivity index (χ1v) is 6.59. The van der Waals surface area contributed by atoms with E-state index in [-0.39, 0.29) is 0 Å². The summed E-state index contributed by atoms with van der Waals surface area (Å²) in [5, 5.41) is 3.74. The van der Waals surface area contributed by atoms with Crippen molar-refractivity contribution in [2.24, 2.45) is 0 Å². The molecule has 1 aromatic rings. The molecule has 0 aromatic heterocycles. The zero-order valence-electron chi connectivity index (χ0n) is 11.4. The number of likely N-dealkylation sites (N-methyl/N-ethyl adjacent to an activating group) is 1. The number of aryl methyl sites for hydroxylation is 1. The number of nitrogens with one attached hydrogen (secondary N) is 1. The first kappa shape index (κ1) is 12.6. The molecule has 1 fully saturated rings. The van der Waals surface area contributed by atoms with Gasteiger partial charge in [-0.25, -0.2) is 0 Å². The number of benzene rings is 1. The molecule has 1 aliphatic rings. The molecule has 0 radical (unpaired) electrons. The van der Waals surface area contributed by atoms with Crippen molar-refractivity contribution in [2.45, 2.75) is 45.3 Å². The van der Waals surface area contributed by atoms with Crippen LogP contribution in [0.15, 0.2) is 24.3 Å². The highest BCUT2D eigenvalue weighted by atomic mass is 15.2. The van der Waals surface area contributed by atoms with E-state index in [1.54, 1.807) is 0 Å². The Kier molecular flexibility index (Phi) is 3.85. The van der Waals surface area contributed by atoms with Gasteiger partial charge in [0, 0.05) is 24.7 Å². The van der Waals surface area contributed by atoms with Crippen molar-refractivity contribution >= 4 is 0 Å². The largest absolute Gasteiger partial charge is 0.306 e. The second kappa shape index (κ2) is 5.19. The van der Waals surface area contributed by atoms with Crippen LogP contribution < -0.4 is 5.32 Å². The highest BCUT2D eigenvalue weighted by Gasteiger charge is 2.26. The summed E-state index contributed by atoms with van der Waals surface area (Å²) in [7, 11) is 2.21. The summed E-state index contributed by atoms with van der Waals surface area (Å²) in [6.07, 6.45) is 1.26. The fraction of sp³-hybridized carbons (Fsp3) is 0.600. The van der Waals surface area contributed by atoms with Crippen molar-refractivity contribution in [3.63, 3.8) is 0 Å². The third-order valence-electron chi connectivity index (χ3n) is 3.91. The molecule has 0 aliphatic carbocycles. The van der Waals surface area contributed by atoms with E-state index in [4.69, 9.17) is 0 Å². The fourth-order valence-corrected chi connectivity index (χ4v) is 2.70. The van der Waals surface area contributed by atoms with Crippen molar-refractivity contribution in [3.8, 4) is 0 Å². The lowest BCUT2D eigenvalue weighted by molar-refractivity contribution is 0.325. The van der Waals surface area contributed by atoms with Crippen LogP contribution in [0.4, 0.5) is 0 Å². The smallest absolute Gasteiger partial charge is 0.0294 e. The third-order valence-corrected chi connectivity index (χ3v) is 3.91. The molecule has 94 valence electrons. The highest BCUT2D eigenvalue weighted by Crippen LogP contribution is 2.20. The normalized spacial score (nSPS) is 27.3. The van der Waals surface area contributed by atoms with Crippen LogP contribution in [0.1, 0.15) is 37.4 Å². The summed E-state index contributed by atoms with van der Waals surface area (Å²) in [5.74, 6) is 0. The van der Waals surface area contributed by atoms with Gasteiger partial charge in [0.25, 0.3) is 0 Å². The summed E-state index contributed by atoms with van der Waals surface area (Å²) < 4.78 is 0. The van der Waals surface area contributed by atoms with Gasteiger partial charge in [-0.1, -0.05) is 29.8 Å². The molecular weight excluding hydrogens is 208 g/mol. The van der Waals surface area contributed by atoms with Gasteiger partial charge in [-0.15, -0.1) is 0 Å². The lowest BCUT2D eigenvalue weighted by Crippen LogP contribution is -2.33. The van der Waals surface area contributed by atoms with Crippen LogP contribution in [0.3, 0.4) is 0 Å². The van der Waals surface area contributed by atoms with Crippen molar-refractivity contribution in [2.75, 3.05) is 13.6 Å². The maximum atomic E-state index is 3.74. The van der Waals surface area contributed by atoms with Crippen LogP contribution in [0.25, 0.3) is 0 Å². The molecule has 0 bridgehead atoms. The Bertz CT molecular complexity index is 365. The molecule has 1 N–H and O–H groups in total. The van der Waals surface area contributed by atoms with Crippen molar-refractivity contribution in [1.29, 1.82) is 0 Å². The van der Waals surface area contributed by atoms with Crippen LogP contribution in [-0.4, -0.2) is 30.6 Å². The van der Waals surface area contributed by atoms with Gasteiger partial charge in [0.2, 0.25) is 0 Å². The lowest BCUT2D eigenvalue weighted by Gasteiger charge is -2.20. The Labute approximate surface area is 105 Å². The average Bonchev–Trinajstić information content (AvgIpc) is 2.58. The predicted molar refractivity (Wildman–Crippen MR) is 73.2 cm³/mol. The van der Waals surface area contributed by atoms with E-state index >= 15 is 0 Å². The molecule has 1 aliphatic heterocycles. The summed E-state index contributed by atoms with van der Waals surface area (Å²) in [6, 6.07) is 10.6. The van der Waals surface area contributed by atoms with Gasteiger partial charge < -0.3 is 10.2 Å². The fourth-order valence-electron chi connectivity index (χ4n) is 2.70. The number of likely N-dealkylation sites (tertiary alicyclic amines) is 1. The first-order valence-electron chi connectivity index (χ1n) is 6.59. The van der Waals surface area contributed by atoms with Crippen molar-refractivity contribution in [3.05, 3.63) is 35.4 Å². The van der Waals surface area contributed by atoms with Gasteiger partial charge in [-0.2, -0.15) is 0 Å². The molecule has 1 heterocycles. The number of hydrogen-bond acceptors (Lipinski definition) is 2. The summed E-state index contributed by atoms with van der Waals surface area (Å²) in [6.45, 7) is 7.88. The summed E-state index contributed by atoms with van der Waals surface area (Å²) in [4.78, 5) is 2.43. The van der Waals surface area contributed by atoms with Crippen LogP contribution in [0.5, 0.6) is 0 Å². The van der Waals surface area contributed by atoms with Crippen molar-refractivity contribution < 1.29 is 0 Å². The van der Waals surface area contributed by atoms with E-state index in [2.05, 4.69) is 62.3 Å². The van der Waals surface area contributed by atoms with Gasteiger partial charge >= 0.3 is 0 Å². The van der Waals surface area contributed by atoms with Gasteiger partial charge in [0.15, 0.2) is 0 Å². The second-order valence-corrected chi connectivity index (χ2v) is 5.52. The minimum Gasteiger partial charge on any atom is -0.306 e. The number of nitrogens with zero attached hydrogens (tertiary/aromatic N) is 1. The van der Waals surface area contributed by atoms with E-state index < -0.39 is 0 Å². The summed E-state index contributed by atoms with van der Waals surface area (Å²) >= 11 is 0. The molecule has 0 spiro atoms. The minimum absolute atomic E-state index is 0.443. The Morgan fingerprint density at radius 2 is 2.18 bits per heavy atom. The Balaban J connectivity index is 1.96. The molecule has 17 heavy (non-hydrogen) atoms. The van der Waals surface area contributed by atoms with E-state index in [0.717, 1.165) is 6.54 Å². The second-order valence-electron chi connectivity index (χ2n) is 5.52. The molecule has 0 saturated carbocycles. The molecule has 3 atom stereocenters. The van der Waals surface area contributed by atoms with Gasteiger partial charge in [0.05, 0.1) is 0 Å². The molecule has 2 rings (SSSR count). The Hall–Kier alpha value is -0.860. The monoisotopic (exact) mass is 232 g/mol. The van der Waals surface area contributed by atoms with Crippen molar-refractivity contribution in [1.82, 2.24) is 10.2 Å². The van der Waals surface area contributed by atoms with E-state index in [0.29, 0.717) is 18.1 Å². The van der Waals surface area contributed by atoms with E-state index in [1.807, 2.05) is 0 Å². The van der Waals surface area contributed by atoms with Crippen LogP contribution >= 0.6 is 0 Å². The van der Waals surface area contributed by atoms with Gasteiger partial charge in [-0.05, 0) is 39.8 Å². The molecule has 2 nitrogen and oxygen atoms in total. The quantitative estimate of drug-likeness (QED) is 0.862. The molecule has 0 amide bonds. The van der Waals surface area contributed by atoms with Gasteiger partial charge in [0.1, 0.15) is 0 Å². The molecule has 1 saturated heterocycles. The SMILES string of the molecule is Cc1cccc([C@@H](C)NC2CC(C)N(C)C2)c1.